The second-order valence-corrected chi connectivity index (χ2v) is 4.31. The van der Waals surface area contributed by atoms with Crippen molar-refractivity contribution in [1.82, 2.24) is 5.32 Å². The minimum Gasteiger partial charge on any atom is -0.444 e. The largest absolute Gasteiger partial charge is 0.444 e. The summed E-state index contributed by atoms with van der Waals surface area (Å²) >= 11 is 3.14. The van der Waals surface area contributed by atoms with Crippen LogP contribution < -0.4 is 11.1 Å². The van der Waals surface area contributed by atoms with Crippen molar-refractivity contribution < 1.29 is 9.21 Å². The number of benzene rings is 1. The zero-order valence-electron chi connectivity index (χ0n) is 8.94. The monoisotopic (exact) mass is 294 g/mol. The zero-order valence-corrected chi connectivity index (χ0v) is 10.5. The van der Waals surface area contributed by atoms with Gasteiger partial charge in [0.2, 0.25) is 0 Å². The van der Waals surface area contributed by atoms with Crippen LogP contribution in [0.5, 0.6) is 0 Å². The topological polar surface area (TPSA) is 68.3 Å². The minimum absolute atomic E-state index is 0.243. The molecule has 5 heteroatoms. The molecule has 1 aromatic carbocycles. The van der Waals surface area contributed by atoms with Gasteiger partial charge in [0.1, 0.15) is 0 Å². The second-order valence-electron chi connectivity index (χ2n) is 3.53. The standard InChI is InChI=1S/C12H11BrN2O2/c13-11-6-5-10(17-11)12(16)15-7-8-1-3-9(14)4-2-8/h1-6H,7,14H2,(H,15,16). The third-order valence-electron chi connectivity index (χ3n) is 2.23. The van der Waals surface area contributed by atoms with E-state index in [1.54, 1.807) is 24.3 Å². The number of hydrogen-bond donors (Lipinski definition) is 2. The van der Waals surface area contributed by atoms with Crippen LogP contribution in [-0.4, -0.2) is 5.91 Å². The molecule has 0 spiro atoms. The number of rotatable bonds is 3. The number of nitrogens with two attached hydrogens (primary N) is 1. The predicted octanol–water partition coefficient (Wildman–Crippen LogP) is 2.55. The number of anilines is 1. The fourth-order valence-electron chi connectivity index (χ4n) is 1.34. The van der Waals surface area contributed by atoms with Crippen molar-refractivity contribution in [2.45, 2.75) is 6.54 Å². The zero-order chi connectivity index (χ0) is 12.3. The van der Waals surface area contributed by atoms with Crippen molar-refractivity contribution >= 4 is 27.5 Å². The Balaban J connectivity index is 1.94. The van der Waals surface area contributed by atoms with Gasteiger partial charge in [-0.1, -0.05) is 12.1 Å². The highest BCUT2D eigenvalue weighted by Crippen LogP contribution is 2.14. The smallest absolute Gasteiger partial charge is 0.287 e. The van der Waals surface area contributed by atoms with Gasteiger partial charge in [0.25, 0.3) is 5.91 Å². The van der Waals surface area contributed by atoms with Crippen molar-refractivity contribution in [3.8, 4) is 0 Å². The Morgan fingerprint density at radius 2 is 1.94 bits per heavy atom. The quantitative estimate of drug-likeness (QED) is 0.855. The van der Waals surface area contributed by atoms with Crippen molar-refractivity contribution in [1.29, 1.82) is 0 Å². The summed E-state index contributed by atoms with van der Waals surface area (Å²) in [5, 5.41) is 2.75. The molecule has 0 saturated heterocycles. The summed E-state index contributed by atoms with van der Waals surface area (Å²) in [6.45, 7) is 0.442. The van der Waals surface area contributed by atoms with E-state index in [9.17, 15) is 4.79 Å². The molecule has 0 aliphatic rings. The predicted molar refractivity (Wildman–Crippen MR) is 68.4 cm³/mol. The molecule has 0 aliphatic carbocycles. The normalized spacial score (nSPS) is 10.2. The summed E-state index contributed by atoms with van der Waals surface area (Å²) in [7, 11) is 0. The van der Waals surface area contributed by atoms with E-state index in [1.807, 2.05) is 12.1 Å². The fourth-order valence-corrected chi connectivity index (χ4v) is 1.65. The number of hydrogen-bond acceptors (Lipinski definition) is 3. The first-order chi connectivity index (χ1) is 8.15. The van der Waals surface area contributed by atoms with Gasteiger partial charge in [0, 0.05) is 12.2 Å². The molecule has 88 valence electrons. The molecule has 0 bridgehead atoms. The minimum atomic E-state index is -0.243. The molecule has 0 fully saturated rings. The van der Waals surface area contributed by atoms with E-state index in [2.05, 4.69) is 21.2 Å². The highest BCUT2D eigenvalue weighted by atomic mass is 79.9. The van der Waals surface area contributed by atoms with E-state index < -0.39 is 0 Å². The maximum Gasteiger partial charge on any atom is 0.287 e. The van der Waals surface area contributed by atoms with E-state index in [-0.39, 0.29) is 11.7 Å². The number of carbonyl (C=O) groups excluding carboxylic acids is 1. The molecule has 2 aromatic rings. The number of nitrogens with one attached hydrogen (secondary N) is 1. The van der Waals surface area contributed by atoms with Gasteiger partial charge in [-0.25, -0.2) is 0 Å². The first-order valence-electron chi connectivity index (χ1n) is 5.03. The van der Waals surface area contributed by atoms with Crippen LogP contribution in [0.4, 0.5) is 5.69 Å². The number of halogens is 1. The number of amides is 1. The average Bonchev–Trinajstić information content (AvgIpc) is 2.75. The van der Waals surface area contributed by atoms with Crippen LogP contribution in [0.2, 0.25) is 0 Å². The molecule has 3 N–H and O–H groups in total. The van der Waals surface area contributed by atoms with Gasteiger partial charge >= 0.3 is 0 Å². The molecular formula is C12H11BrN2O2. The van der Waals surface area contributed by atoms with E-state index in [1.165, 1.54) is 0 Å². The lowest BCUT2D eigenvalue weighted by atomic mass is 10.2. The Kier molecular flexibility index (Phi) is 3.49. The number of carbonyl (C=O) groups is 1. The number of furan rings is 1. The fraction of sp³-hybridized carbons (Fsp3) is 0.0833. The molecular weight excluding hydrogens is 284 g/mol. The van der Waals surface area contributed by atoms with Crippen LogP contribution in [0, 0.1) is 0 Å². The van der Waals surface area contributed by atoms with Crippen LogP contribution >= 0.6 is 15.9 Å². The molecule has 4 nitrogen and oxygen atoms in total. The maximum atomic E-state index is 11.6. The first-order valence-corrected chi connectivity index (χ1v) is 5.82. The van der Waals surface area contributed by atoms with Crippen LogP contribution in [0.3, 0.4) is 0 Å². The summed E-state index contributed by atoms with van der Waals surface area (Å²) in [5.74, 6) is 0.0415. The Hall–Kier alpha value is -1.75. The highest BCUT2D eigenvalue weighted by Gasteiger charge is 2.09. The lowest BCUT2D eigenvalue weighted by molar-refractivity contribution is 0.0922. The molecule has 1 amide bonds. The summed E-state index contributed by atoms with van der Waals surface area (Å²) in [5.41, 5.74) is 7.26. The van der Waals surface area contributed by atoms with E-state index in [0.717, 1.165) is 5.56 Å². The summed E-state index contributed by atoms with van der Waals surface area (Å²) in [6, 6.07) is 10.6. The average molecular weight is 295 g/mol. The van der Waals surface area contributed by atoms with Gasteiger partial charge in [0.05, 0.1) is 0 Å². The van der Waals surface area contributed by atoms with Crippen molar-refractivity contribution in [2.75, 3.05) is 5.73 Å². The van der Waals surface area contributed by atoms with Crippen LogP contribution in [0.1, 0.15) is 16.1 Å². The molecule has 0 saturated carbocycles. The number of nitrogen functional groups attached to an aromatic ring is 1. The highest BCUT2D eigenvalue weighted by molar-refractivity contribution is 9.10. The third kappa shape index (κ3) is 3.10. The van der Waals surface area contributed by atoms with E-state index in [4.69, 9.17) is 10.2 Å². The van der Waals surface area contributed by atoms with Crippen molar-refractivity contribution in [2.24, 2.45) is 0 Å². The molecule has 2 rings (SSSR count). The van der Waals surface area contributed by atoms with Gasteiger partial charge in [-0.05, 0) is 45.8 Å². The van der Waals surface area contributed by atoms with Crippen molar-refractivity contribution in [3.05, 3.63) is 52.4 Å². The second kappa shape index (κ2) is 5.05. The van der Waals surface area contributed by atoms with Gasteiger partial charge < -0.3 is 15.5 Å². The van der Waals surface area contributed by atoms with Gasteiger partial charge in [-0.2, -0.15) is 0 Å². The molecule has 1 heterocycles. The molecule has 0 atom stereocenters. The molecule has 0 unspecified atom stereocenters. The lowest BCUT2D eigenvalue weighted by Gasteiger charge is -2.03. The van der Waals surface area contributed by atoms with E-state index >= 15 is 0 Å². The van der Waals surface area contributed by atoms with E-state index in [0.29, 0.717) is 16.9 Å². The van der Waals surface area contributed by atoms with Crippen molar-refractivity contribution in [3.63, 3.8) is 0 Å². The summed E-state index contributed by atoms with van der Waals surface area (Å²) < 4.78 is 5.67. The Bertz CT molecular complexity index is 520. The molecule has 17 heavy (non-hydrogen) atoms. The van der Waals surface area contributed by atoms with Gasteiger partial charge in [-0.15, -0.1) is 0 Å². The Labute approximate surface area is 107 Å². The Morgan fingerprint density at radius 3 is 2.53 bits per heavy atom. The summed E-state index contributed by atoms with van der Waals surface area (Å²) in [6.07, 6.45) is 0. The summed E-state index contributed by atoms with van der Waals surface area (Å²) in [4.78, 5) is 11.6. The third-order valence-corrected chi connectivity index (χ3v) is 2.66. The maximum absolute atomic E-state index is 11.6. The van der Waals surface area contributed by atoms with Gasteiger partial charge in [-0.3, -0.25) is 4.79 Å². The Morgan fingerprint density at radius 1 is 1.24 bits per heavy atom. The molecule has 0 aliphatic heterocycles. The first kappa shape index (κ1) is 11.7. The van der Waals surface area contributed by atoms with Gasteiger partial charge in [0.15, 0.2) is 10.4 Å². The SMILES string of the molecule is Nc1ccc(CNC(=O)c2ccc(Br)o2)cc1. The van der Waals surface area contributed by atoms with Crippen LogP contribution in [-0.2, 0) is 6.54 Å². The molecule has 0 radical (unpaired) electrons. The lowest BCUT2D eigenvalue weighted by Crippen LogP contribution is -2.22. The molecule has 1 aromatic heterocycles. The van der Waals surface area contributed by atoms with Crippen LogP contribution in [0.25, 0.3) is 0 Å². The van der Waals surface area contributed by atoms with Crippen LogP contribution in [0.15, 0.2) is 45.5 Å².